The number of hydrogen-bond donors (Lipinski definition) is 1. The average molecular weight is 240 g/mol. The molecule has 1 aromatic heterocycles. The van der Waals surface area contributed by atoms with Crippen LogP contribution in [0.25, 0.3) is 6.08 Å². The molecule has 1 N–H and O–H groups in total. The van der Waals surface area contributed by atoms with E-state index >= 15 is 0 Å². The first-order valence-corrected chi connectivity index (χ1v) is 5.68. The summed E-state index contributed by atoms with van der Waals surface area (Å²) < 4.78 is 5.09. The molecule has 0 radical (unpaired) electrons. The fourth-order valence-corrected chi connectivity index (χ4v) is 1.53. The van der Waals surface area contributed by atoms with E-state index in [2.05, 4.69) is 9.97 Å². The van der Waals surface area contributed by atoms with Gasteiger partial charge < -0.3 is 9.84 Å². The SMILES string of the molecule is COc1nc(SC)nc(C)c1/C=C/C(=O)O. The number of ether oxygens (including phenoxy) is 1. The number of aryl methyl sites for hydroxylation is 1. The molecule has 0 fully saturated rings. The number of carboxylic acid groups (broad SMARTS) is 1. The van der Waals surface area contributed by atoms with Gasteiger partial charge in [0.2, 0.25) is 5.88 Å². The third-order valence-corrected chi connectivity index (χ3v) is 2.40. The Morgan fingerprint density at radius 3 is 2.69 bits per heavy atom. The van der Waals surface area contributed by atoms with Gasteiger partial charge >= 0.3 is 5.97 Å². The number of carbonyl (C=O) groups is 1. The average Bonchev–Trinajstić information content (AvgIpc) is 2.26. The predicted molar refractivity (Wildman–Crippen MR) is 61.8 cm³/mol. The fraction of sp³-hybridized carbons (Fsp3) is 0.300. The van der Waals surface area contributed by atoms with Crippen molar-refractivity contribution in [1.82, 2.24) is 9.97 Å². The highest BCUT2D eigenvalue weighted by atomic mass is 32.2. The fourth-order valence-electron chi connectivity index (χ4n) is 1.12. The standard InChI is InChI=1S/C10H12N2O3S/c1-6-7(4-5-8(13)14)9(15-2)12-10(11-6)16-3/h4-5H,1-3H3,(H,13,14)/b5-4+. The van der Waals surface area contributed by atoms with Crippen molar-refractivity contribution in [3.8, 4) is 5.88 Å². The lowest BCUT2D eigenvalue weighted by Crippen LogP contribution is -1.99. The lowest BCUT2D eigenvalue weighted by molar-refractivity contribution is -0.131. The molecular weight excluding hydrogens is 228 g/mol. The topological polar surface area (TPSA) is 72.3 Å². The van der Waals surface area contributed by atoms with E-state index in [9.17, 15) is 4.79 Å². The molecule has 0 spiro atoms. The number of thioether (sulfide) groups is 1. The molecule has 0 aliphatic rings. The van der Waals surface area contributed by atoms with Gasteiger partial charge in [0, 0.05) is 6.08 Å². The van der Waals surface area contributed by atoms with Gasteiger partial charge in [0.15, 0.2) is 5.16 Å². The molecule has 1 aromatic rings. The van der Waals surface area contributed by atoms with Gasteiger partial charge in [-0.25, -0.2) is 9.78 Å². The first-order chi connectivity index (χ1) is 7.58. The first-order valence-electron chi connectivity index (χ1n) is 4.46. The molecule has 0 aliphatic heterocycles. The van der Waals surface area contributed by atoms with Gasteiger partial charge in [-0.05, 0) is 19.3 Å². The molecule has 0 aromatic carbocycles. The Balaban J connectivity index is 3.21. The van der Waals surface area contributed by atoms with E-state index in [0.717, 1.165) is 6.08 Å². The van der Waals surface area contributed by atoms with Crippen molar-refractivity contribution in [1.29, 1.82) is 0 Å². The monoisotopic (exact) mass is 240 g/mol. The normalized spacial score (nSPS) is 10.7. The lowest BCUT2D eigenvalue weighted by Gasteiger charge is -2.07. The molecule has 0 unspecified atom stereocenters. The Morgan fingerprint density at radius 2 is 2.19 bits per heavy atom. The number of aromatic nitrogens is 2. The third kappa shape index (κ3) is 2.96. The van der Waals surface area contributed by atoms with E-state index < -0.39 is 5.97 Å². The second kappa shape index (κ2) is 5.50. The smallest absolute Gasteiger partial charge is 0.328 e. The molecule has 0 atom stereocenters. The molecule has 86 valence electrons. The Morgan fingerprint density at radius 1 is 1.50 bits per heavy atom. The van der Waals surface area contributed by atoms with Crippen LogP contribution < -0.4 is 4.74 Å². The molecule has 0 aliphatic carbocycles. The van der Waals surface area contributed by atoms with Crippen LogP contribution in [0.1, 0.15) is 11.3 Å². The lowest BCUT2D eigenvalue weighted by atomic mass is 10.2. The van der Waals surface area contributed by atoms with Crippen LogP contribution in [-0.2, 0) is 4.79 Å². The molecule has 1 heterocycles. The summed E-state index contributed by atoms with van der Waals surface area (Å²) in [7, 11) is 1.49. The highest BCUT2D eigenvalue weighted by Gasteiger charge is 2.09. The Hall–Kier alpha value is -1.56. The zero-order valence-corrected chi connectivity index (χ0v) is 10.0. The summed E-state index contributed by atoms with van der Waals surface area (Å²) in [4.78, 5) is 18.8. The number of rotatable bonds is 4. The van der Waals surface area contributed by atoms with Gasteiger partial charge in [-0.1, -0.05) is 11.8 Å². The number of nitrogens with zero attached hydrogens (tertiary/aromatic N) is 2. The van der Waals surface area contributed by atoms with Crippen LogP contribution >= 0.6 is 11.8 Å². The van der Waals surface area contributed by atoms with E-state index in [1.807, 2.05) is 6.26 Å². The van der Waals surface area contributed by atoms with Crippen LogP contribution in [0.4, 0.5) is 0 Å². The molecule has 16 heavy (non-hydrogen) atoms. The van der Waals surface area contributed by atoms with Gasteiger partial charge in [0.1, 0.15) is 0 Å². The first kappa shape index (κ1) is 12.5. The Bertz CT molecular complexity index is 432. The summed E-state index contributed by atoms with van der Waals surface area (Å²) in [5, 5.41) is 9.16. The second-order valence-electron chi connectivity index (χ2n) is 2.89. The van der Waals surface area contributed by atoms with Crippen molar-refractivity contribution in [2.45, 2.75) is 12.1 Å². The van der Waals surface area contributed by atoms with Gasteiger partial charge in [-0.3, -0.25) is 0 Å². The summed E-state index contributed by atoms with van der Waals surface area (Å²) in [6, 6.07) is 0. The number of hydrogen-bond acceptors (Lipinski definition) is 5. The minimum Gasteiger partial charge on any atom is -0.480 e. The van der Waals surface area contributed by atoms with E-state index in [1.165, 1.54) is 24.9 Å². The molecule has 0 amide bonds. The van der Waals surface area contributed by atoms with E-state index in [1.54, 1.807) is 6.92 Å². The summed E-state index contributed by atoms with van der Waals surface area (Å²) in [6.07, 6.45) is 4.33. The predicted octanol–water partition coefficient (Wildman–Crippen LogP) is 1.61. The minimum atomic E-state index is -1.02. The summed E-state index contributed by atoms with van der Waals surface area (Å²) in [5.41, 5.74) is 1.27. The molecule has 6 heteroatoms. The highest BCUT2D eigenvalue weighted by molar-refractivity contribution is 7.98. The van der Waals surface area contributed by atoms with Crippen molar-refractivity contribution in [2.24, 2.45) is 0 Å². The highest BCUT2D eigenvalue weighted by Crippen LogP contribution is 2.23. The maximum absolute atomic E-state index is 10.4. The van der Waals surface area contributed by atoms with E-state index in [4.69, 9.17) is 9.84 Å². The molecule has 0 saturated carbocycles. The van der Waals surface area contributed by atoms with Crippen molar-refractivity contribution in [3.63, 3.8) is 0 Å². The zero-order valence-electron chi connectivity index (χ0n) is 9.22. The largest absolute Gasteiger partial charge is 0.480 e. The van der Waals surface area contributed by atoms with Crippen molar-refractivity contribution in [2.75, 3.05) is 13.4 Å². The van der Waals surface area contributed by atoms with Crippen LogP contribution in [0.15, 0.2) is 11.2 Å². The molecule has 5 nitrogen and oxygen atoms in total. The van der Waals surface area contributed by atoms with Crippen LogP contribution in [0.5, 0.6) is 5.88 Å². The van der Waals surface area contributed by atoms with Crippen LogP contribution in [-0.4, -0.2) is 34.4 Å². The number of carboxylic acids is 1. The minimum absolute atomic E-state index is 0.384. The van der Waals surface area contributed by atoms with E-state index in [-0.39, 0.29) is 0 Å². The summed E-state index contributed by atoms with van der Waals surface area (Å²) in [5.74, 6) is -0.634. The van der Waals surface area contributed by atoms with Gasteiger partial charge in [0.05, 0.1) is 18.4 Å². The van der Waals surface area contributed by atoms with Gasteiger partial charge in [0.25, 0.3) is 0 Å². The van der Waals surface area contributed by atoms with Gasteiger partial charge in [-0.15, -0.1) is 0 Å². The quantitative estimate of drug-likeness (QED) is 0.489. The maximum atomic E-state index is 10.4. The van der Waals surface area contributed by atoms with E-state index in [0.29, 0.717) is 22.3 Å². The van der Waals surface area contributed by atoms with Crippen molar-refractivity contribution < 1.29 is 14.6 Å². The molecule has 1 rings (SSSR count). The number of aliphatic carboxylic acids is 1. The van der Waals surface area contributed by atoms with Crippen molar-refractivity contribution >= 4 is 23.8 Å². The number of methoxy groups -OCH3 is 1. The molecule has 0 saturated heterocycles. The van der Waals surface area contributed by atoms with Crippen LogP contribution in [0.3, 0.4) is 0 Å². The molecule has 0 bridgehead atoms. The van der Waals surface area contributed by atoms with Gasteiger partial charge in [-0.2, -0.15) is 4.98 Å². The zero-order chi connectivity index (χ0) is 12.1. The molecular formula is C10H12N2O3S. The summed E-state index contributed by atoms with van der Waals surface area (Å²) >= 11 is 1.40. The van der Waals surface area contributed by atoms with Crippen molar-refractivity contribution in [3.05, 3.63) is 17.3 Å². The van der Waals surface area contributed by atoms with Crippen LogP contribution in [0.2, 0.25) is 0 Å². The maximum Gasteiger partial charge on any atom is 0.328 e. The van der Waals surface area contributed by atoms with Crippen LogP contribution in [0, 0.1) is 6.92 Å². The third-order valence-electron chi connectivity index (χ3n) is 1.85. The summed E-state index contributed by atoms with van der Waals surface area (Å²) in [6.45, 7) is 1.78. The Kier molecular flexibility index (Phi) is 4.30. The Labute approximate surface area is 97.6 Å². The second-order valence-corrected chi connectivity index (χ2v) is 3.66.